The number of carbonyl (C=O) groups excluding carboxylic acids is 2. The van der Waals surface area contributed by atoms with E-state index in [2.05, 4.69) is 10.3 Å². The molecule has 2 amide bonds. The summed E-state index contributed by atoms with van der Waals surface area (Å²) in [5.41, 5.74) is -0.773. The number of nitrogens with one attached hydrogen (secondary N) is 1. The number of hydrogen-bond donors (Lipinski definition) is 1. The van der Waals surface area contributed by atoms with Gasteiger partial charge in [-0.15, -0.1) is 0 Å². The van der Waals surface area contributed by atoms with Crippen LogP contribution in [0, 0.1) is 11.8 Å². The second-order valence-electron chi connectivity index (χ2n) is 7.95. The summed E-state index contributed by atoms with van der Waals surface area (Å²) in [6, 6.07) is 2.29. The van der Waals surface area contributed by atoms with Crippen LogP contribution in [0.25, 0.3) is 0 Å². The Labute approximate surface area is 168 Å². The van der Waals surface area contributed by atoms with E-state index in [9.17, 15) is 22.8 Å². The molecule has 1 aromatic heterocycles. The zero-order valence-corrected chi connectivity index (χ0v) is 16.5. The first kappa shape index (κ1) is 21.4. The number of carbonyl (C=O) groups is 2. The monoisotopic (exact) mass is 412 g/mol. The molecule has 2 saturated heterocycles. The largest absolute Gasteiger partial charge is 0.419 e. The topological polar surface area (TPSA) is 65.5 Å². The van der Waals surface area contributed by atoms with E-state index in [-0.39, 0.29) is 36.0 Å². The third-order valence-corrected chi connectivity index (χ3v) is 5.51. The number of piperidine rings is 1. The van der Waals surface area contributed by atoms with Crippen LogP contribution in [-0.4, -0.2) is 54.4 Å². The molecule has 160 valence electrons. The van der Waals surface area contributed by atoms with Gasteiger partial charge in [0.1, 0.15) is 5.82 Å². The first-order chi connectivity index (χ1) is 13.8. The van der Waals surface area contributed by atoms with Crippen LogP contribution in [0.1, 0.15) is 38.2 Å². The summed E-state index contributed by atoms with van der Waals surface area (Å²) in [5.74, 6) is -0.375. The van der Waals surface area contributed by atoms with Crippen LogP contribution in [0.15, 0.2) is 18.3 Å². The van der Waals surface area contributed by atoms with Crippen molar-refractivity contribution in [2.24, 2.45) is 11.8 Å². The van der Waals surface area contributed by atoms with Gasteiger partial charge in [0, 0.05) is 45.3 Å². The molecular formula is C20H27F3N4O2. The number of aromatic nitrogens is 1. The first-order valence-electron chi connectivity index (χ1n) is 10.1. The summed E-state index contributed by atoms with van der Waals surface area (Å²) in [5, 5.41) is 2.91. The van der Waals surface area contributed by atoms with Crippen LogP contribution < -0.4 is 10.2 Å². The van der Waals surface area contributed by atoms with E-state index < -0.39 is 11.7 Å². The molecule has 0 saturated carbocycles. The standard InChI is InChI=1S/C20H27F3N4O2/c1-14(12-26-9-4-7-17(26)28)11-25-19(29)15-5-3-10-27(13-15)18-16(20(21,22)23)6-2-8-24-18/h2,6,8,14-15H,3-5,7,9-13H2,1H3,(H,25,29)/t14-,15-/m1/s1. The normalized spacial score (nSPS) is 21.4. The van der Waals surface area contributed by atoms with Gasteiger partial charge in [0.15, 0.2) is 0 Å². The Hall–Kier alpha value is -2.32. The number of pyridine rings is 1. The Morgan fingerprint density at radius 3 is 2.83 bits per heavy atom. The molecule has 0 aliphatic carbocycles. The van der Waals surface area contributed by atoms with E-state index in [1.54, 1.807) is 4.90 Å². The Morgan fingerprint density at radius 2 is 2.14 bits per heavy atom. The molecule has 0 bridgehead atoms. The van der Waals surface area contributed by atoms with Crippen LogP contribution in [0.4, 0.5) is 19.0 Å². The van der Waals surface area contributed by atoms with Gasteiger partial charge >= 0.3 is 6.18 Å². The fraction of sp³-hybridized carbons (Fsp3) is 0.650. The van der Waals surface area contributed by atoms with E-state index >= 15 is 0 Å². The molecule has 2 aliphatic rings. The maximum Gasteiger partial charge on any atom is 0.419 e. The SMILES string of the molecule is C[C@H](CNC(=O)[C@@H]1CCCN(c2ncccc2C(F)(F)F)C1)CN1CCCC1=O. The van der Waals surface area contributed by atoms with E-state index in [0.717, 1.165) is 19.0 Å². The molecule has 0 unspecified atom stereocenters. The highest BCUT2D eigenvalue weighted by atomic mass is 19.4. The number of nitrogens with zero attached hydrogens (tertiary/aromatic N) is 3. The fourth-order valence-electron chi connectivity index (χ4n) is 4.01. The zero-order valence-electron chi connectivity index (χ0n) is 16.5. The van der Waals surface area contributed by atoms with Crippen LogP contribution in [0.3, 0.4) is 0 Å². The number of anilines is 1. The Bertz CT molecular complexity index is 741. The molecule has 2 atom stereocenters. The number of alkyl halides is 3. The molecule has 0 aromatic carbocycles. The average Bonchev–Trinajstić information content (AvgIpc) is 3.10. The van der Waals surface area contributed by atoms with Crippen molar-refractivity contribution >= 4 is 17.6 Å². The van der Waals surface area contributed by atoms with Gasteiger partial charge in [0.25, 0.3) is 0 Å². The average molecular weight is 412 g/mol. The van der Waals surface area contributed by atoms with Crippen molar-refractivity contribution in [2.75, 3.05) is 37.6 Å². The lowest BCUT2D eigenvalue weighted by Gasteiger charge is -2.34. The predicted molar refractivity (Wildman–Crippen MR) is 102 cm³/mol. The lowest BCUT2D eigenvalue weighted by Crippen LogP contribution is -2.45. The maximum absolute atomic E-state index is 13.3. The molecule has 2 fully saturated rings. The van der Waals surface area contributed by atoms with E-state index in [4.69, 9.17) is 0 Å². The predicted octanol–water partition coefficient (Wildman–Crippen LogP) is 2.69. The van der Waals surface area contributed by atoms with Crippen molar-refractivity contribution in [3.05, 3.63) is 23.9 Å². The van der Waals surface area contributed by atoms with Crippen molar-refractivity contribution in [1.29, 1.82) is 0 Å². The lowest BCUT2D eigenvalue weighted by atomic mass is 9.96. The molecule has 1 N–H and O–H groups in total. The highest BCUT2D eigenvalue weighted by molar-refractivity contribution is 5.80. The van der Waals surface area contributed by atoms with Gasteiger partial charge in [-0.3, -0.25) is 9.59 Å². The Kier molecular flexibility index (Phi) is 6.64. The second-order valence-corrected chi connectivity index (χ2v) is 7.95. The lowest BCUT2D eigenvalue weighted by molar-refractivity contribution is -0.137. The quantitative estimate of drug-likeness (QED) is 0.780. The van der Waals surface area contributed by atoms with Gasteiger partial charge in [-0.1, -0.05) is 6.92 Å². The van der Waals surface area contributed by atoms with Crippen LogP contribution >= 0.6 is 0 Å². The molecule has 3 heterocycles. The number of halogens is 3. The summed E-state index contributed by atoms with van der Waals surface area (Å²) in [7, 11) is 0. The van der Waals surface area contributed by atoms with Crippen LogP contribution in [0.2, 0.25) is 0 Å². The first-order valence-corrected chi connectivity index (χ1v) is 10.1. The van der Waals surface area contributed by atoms with Crippen LogP contribution in [-0.2, 0) is 15.8 Å². The summed E-state index contributed by atoms with van der Waals surface area (Å²) in [6.45, 7) is 4.44. The van der Waals surface area contributed by atoms with Crippen molar-refractivity contribution in [3.8, 4) is 0 Å². The van der Waals surface area contributed by atoms with Gasteiger partial charge in [-0.2, -0.15) is 13.2 Å². The molecule has 3 rings (SSSR count). The van der Waals surface area contributed by atoms with Gasteiger partial charge < -0.3 is 15.1 Å². The maximum atomic E-state index is 13.3. The van der Waals surface area contributed by atoms with Crippen LogP contribution in [0.5, 0.6) is 0 Å². The van der Waals surface area contributed by atoms with Crippen molar-refractivity contribution < 1.29 is 22.8 Å². The van der Waals surface area contributed by atoms with Crippen molar-refractivity contribution in [1.82, 2.24) is 15.2 Å². The summed E-state index contributed by atoms with van der Waals surface area (Å²) >= 11 is 0. The second kappa shape index (κ2) is 9.00. The van der Waals surface area contributed by atoms with E-state index in [1.165, 1.54) is 12.3 Å². The van der Waals surface area contributed by atoms with E-state index in [1.807, 2.05) is 11.8 Å². The minimum Gasteiger partial charge on any atom is -0.355 e. The van der Waals surface area contributed by atoms with Crippen molar-refractivity contribution in [2.45, 2.75) is 38.8 Å². The Morgan fingerprint density at radius 1 is 1.34 bits per heavy atom. The smallest absolute Gasteiger partial charge is 0.355 e. The molecular weight excluding hydrogens is 385 g/mol. The zero-order chi connectivity index (χ0) is 21.0. The summed E-state index contributed by atoms with van der Waals surface area (Å²) < 4.78 is 39.9. The van der Waals surface area contributed by atoms with Gasteiger partial charge in [0.2, 0.25) is 11.8 Å². The Balaban J connectivity index is 1.55. The summed E-state index contributed by atoms with van der Waals surface area (Å²) in [4.78, 5) is 31.6. The summed E-state index contributed by atoms with van der Waals surface area (Å²) in [6.07, 6.45) is -0.413. The van der Waals surface area contributed by atoms with Crippen molar-refractivity contribution in [3.63, 3.8) is 0 Å². The molecule has 1 aromatic rings. The minimum absolute atomic E-state index is 0.113. The minimum atomic E-state index is -4.48. The fourth-order valence-corrected chi connectivity index (χ4v) is 4.01. The number of rotatable bonds is 6. The highest BCUT2D eigenvalue weighted by Crippen LogP contribution is 2.36. The molecule has 29 heavy (non-hydrogen) atoms. The third-order valence-electron chi connectivity index (χ3n) is 5.51. The molecule has 9 heteroatoms. The van der Waals surface area contributed by atoms with Gasteiger partial charge in [-0.05, 0) is 37.3 Å². The van der Waals surface area contributed by atoms with Gasteiger partial charge in [0.05, 0.1) is 11.5 Å². The number of amides is 2. The number of hydrogen-bond acceptors (Lipinski definition) is 4. The third kappa shape index (κ3) is 5.39. The van der Waals surface area contributed by atoms with Gasteiger partial charge in [-0.25, -0.2) is 4.98 Å². The molecule has 6 nitrogen and oxygen atoms in total. The molecule has 0 radical (unpaired) electrons. The van der Waals surface area contributed by atoms with E-state index in [0.29, 0.717) is 38.9 Å². The highest BCUT2D eigenvalue weighted by Gasteiger charge is 2.37. The number of likely N-dealkylation sites (tertiary alicyclic amines) is 1. The molecule has 2 aliphatic heterocycles. The molecule has 0 spiro atoms.